The molecule has 2 heterocycles. The highest BCUT2D eigenvalue weighted by Gasteiger charge is 2.27. The number of Topliss-reactive ketones (excluding diaryl/α,β-unsaturated/α-hetero) is 1. The molecule has 1 aliphatic rings. The lowest BCUT2D eigenvalue weighted by Crippen LogP contribution is -2.10. The monoisotopic (exact) mass is 280 g/mol. The molecule has 104 valence electrons. The van der Waals surface area contributed by atoms with E-state index in [9.17, 15) is 4.79 Å². The van der Waals surface area contributed by atoms with Gasteiger partial charge in [0.1, 0.15) is 0 Å². The SMILES string of the molecule is O=C1CCCc2[nH]nc(-c3nnc(-c4ccccc4)o3)c21. The number of aromatic nitrogens is 4. The smallest absolute Gasteiger partial charge is 0.269 e. The van der Waals surface area contributed by atoms with Crippen molar-refractivity contribution >= 4 is 5.78 Å². The Labute approximate surface area is 120 Å². The van der Waals surface area contributed by atoms with Crippen molar-refractivity contribution < 1.29 is 9.21 Å². The lowest BCUT2D eigenvalue weighted by Gasteiger charge is -2.08. The van der Waals surface area contributed by atoms with Gasteiger partial charge >= 0.3 is 0 Å². The third kappa shape index (κ3) is 1.96. The van der Waals surface area contributed by atoms with Crippen LogP contribution in [0.15, 0.2) is 34.7 Å². The summed E-state index contributed by atoms with van der Waals surface area (Å²) in [7, 11) is 0. The third-order valence-corrected chi connectivity index (χ3v) is 3.60. The van der Waals surface area contributed by atoms with Gasteiger partial charge in [0.15, 0.2) is 11.5 Å². The molecule has 21 heavy (non-hydrogen) atoms. The van der Waals surface area contributed by atoms with Crippen LogP contribution in [0.25, 0.3) is 23.0 Å². The Bertz CT molecular complexity index is 804. The Morgan fingerprint density at radius 1 is 1.05 bits per heavy atom. The van der Waals surface area contributed by atoms with Crippen molar-refractivity contribution in [1.29, 1.82) is 0 Å². The molecule has 4 rings (SSSR count). The summed E-state index contributed by atoms with van der Waals surface area (Å²) in [5.74, 6) is 0.784. The molecule has 0 spiro atoms. The van der Waals surface area contributed by atoms with Gasteiger partial charge in [-0.05, 0) is 25.0 Å². The fraction of sp³-hybridized carbons (Fsp3) is 0.200. The number of rotatable bonds is 2. The Kier molecular flexibility index (Phi) is 2.67. The van der Waals surface area contributed by atoms with Gasteiger partial charge in [-0.15, -0.1) is 10.2 Å². The predicted molar refractivity (Wildman–Crippen MR) is 74.6 cm³/mol. The van der Waals surface area contributed by atoms with Crippen molar-refractivity contribution in [3.8, 4) is 23.0 Å². The number of carbonyl (C=O) groups excluding carboxylic acids is 1. The van der Waals surface area contributed by atoms with Gasteiger partial charge in [-0.3, -0.25) is 9.89 Å². The van der Waals surface area contributed by atoms with Gasteiger partial charge in [-0.2, -0.15) is 5.10 Å². The maximum absolute atomic E-state index is 12.1. The molecule has 0 saturated heterocycles. The highest BCUT2D eigenvalue weighted by molar-refractivity contribution is 6.02. The summed E-state index contributed by atoms with van der Waals surface area (Å²) >= 11 is 0. The second kappa shape index (κ2) is 4.66. The standard InChI is InChI=1S/C15H12N4O2/c20-11-8-4-7-10-12(11)13(17-16-10)15-19-18-14(21-15)9-5-2-1-3-6-9/h1-3,5-6H,4,7-8H2,(H,16,17). The highest BCUT2D eigenvalue weighted by atomic mass is 16.4. The van der Waals surface area contributed by atoms with Crippen LogP contribution >= 0.6 is 0 Å². The first-order valence-electron chi connectivity index (χ1n) is 6.82. The van der Waals surface area contributed by atoms with Crippen molar-refractivity contribution in [3.05, 3.63) is 41.6 Å². The largest absolute Gasteiger partial charge is 0.415 e. The van der Waals surface area contributed by atoms with Gasteiger partial charge in [0, 0.05) is 17.7 Å². The molecule has 0 saturated carbocycles. The molecular weight excluding hydrogens is 268 g/mol. The second-order valence-corrected chi connectivity index (χ2v) is 4.98. The minimum atomic E-state index is 0.0828. The van der Waals surface area contributed by atoms with E-state index in [-0.39, 0.29) is 11.7 Å². The van der Waals surface area contributed by atoms with Crippen molar-refractivity contribution in [2.24, 2.45) is 0 Å². The van der Waals surface area contributed by atoms with E-state index in [0.717, 1.165) is 24.1 Å². The molecule has 3 aromatic rings. The first kappa shape index (κ1) is 12.0. The molecule has 6 nitrogen and oxygen atoms in total. The quantitative estimate of drug-likeness (QED) is 0.780. The molecule has 0 unspecified atom stereocenters. The van der Waals surface area contributed by atoms with E-state index in [0.29, 0.717) is 23.6 Å². The van der Waals surface area contributed by atoms with E-state index >= 15 is 0 Å². The molecule has 0 radical (unpaired) electrons. The number of nitrogens with one attached hydrogen (secondary N) is 1. The molecule has 1 aromatic carbocycles. The van der Waals surface area contributed by atoms with Crippen LogP contribution < -0.4 is 0 Å². The second-order valence-electron chi connectivity index (χ2n) is 4.98. The summed E-state index contributed by atoms with van der Waals surface area (Å²) in [5, 5.41) is 15.1. The van der Waals surface area contributed by atoms with Gasteiger partial charge in [0.2, 0.25) is 5.89 Å². The van der Waals surface area contributed by atoms with Crippen LogP contribution in [-0.4, -0.2) is 26.2 Å². The fourth-order valence-electron chi connectivity index (χ4n) is 2.58. The molecule has 0 aliphatic heterocycles. The number of benzene rings is 1. The summed E-state index contributed by atoms with van der Waals surface area (Å²) in [6.45, 7) is 0. The first-order chi connectivity index (χ1) is 10.3. The van der Waals surface area contributed by atoms with Crippen molar-refractivity contribution in [2.45, 2.75) is 19.3 Å². The Morgan fingerprint density at radius 3 is 2.71 bits per heavy atom. The van der Waals surface area contributed by atoms with Gasteiger partial charge in [-0.1, -0.05) is 18.2 Å². The van der Waals surface area contributed by atoms with Gasteiger partial charge in [0.05, 0.1) is 5.56 Å². The maximum atomic E-state index is 12.1. The number of nitrogens with zero attached hydrogens (tertiary/aromatic N) is 3. The zero-order valence-electron chi connectivity index (χ0n) is 11.2. The summed E-state index contributed by atoms with van der Waals surface area (Å²) in [4.78, 5) is 12.1. The number of hydrogen-bond acceptors (Lipinski definition) is 5. The van der Waals surface area contributed by atoms with E-state index in [1.54, 1.807) is 0 Å². The van der Waals surface area contributed by atoms with Crippen LogP contribution in [0.4, 0.5) is 0 Å². The molecule has 1 aliphatic carbocycles. The lowest BCUT2D eigenvalue weighted by atomic mass is 9.94. The predicted octanol–water partition coefficient (Wildman–Crippen LogP) is 2.65. The van der Waals surface area contributed by atoms with Gasteiger partial charge in [0.25, 0.3) is 5.89 Å². The van der Waals surface area contributed by atoms with Crippen molar-refractivity contribution in [2.75, 3.05) is 0 Å². The van der Waals surface area contributed by atoms with Crippen molar-refractivity contribution in [3.63, 3.8) is 0 Å². The number of hydrogen-bond donors (Lipinski definition) is 1. The minimum Gasteiger partial charge on any atom is -0.415 e. The maximum Gasteiger partial charge on any atom is 0.269 e. The van der Waals surface area contributed by atoms with E-state index in [4.69, 9.17) is 4.42 Å². The highest BCUT2D eigenvalue weighted by Crippen LogP contribution is 2.30. The zero-order chi connectivity index (χ0) is 14.2. The number of carbonyl (C=O) groups is 1. The first-order valence-corrected chi connectivity index (χ1v) is 6.82. The number of ketones is 1. The number of fused-ring (bicyclic) bond motifs is 1. The molecule has 0 amide bonds. The Hall–Kier alpha value is -2.76. The Morgan fingerprint density at radius 2 is 1.86 bits per heavy atom. The van der Waals surface area contributed by atoms with E-state index in [1.807, 2.05) is 30.3 Å². The zero-order valence-corrected chi connectivity index (χ0v) is 11.2. The Balaban J connectivity index is 1.77. The molecule has 6 heteroatoms. The van der Waals surface area contributed by atoms with Crippen LogP contribution in [0.3, 0.4) is 0 Å². The number of H-pyrrole nitrogens is 1. The van der Waals surface area contributed by atoms with E-state index in [2.05, 4.69) is 20.4 Å². The molecule has 0 atom stereocenters. The van der Waals surface area contributed by atoms with Crippen LogP contribution in [0.2, 0.25) is 0 Å². The third-order valence-electron chi connectivity index (χ3n) is 3.60. The van der Waals surface area contributed by atoms with Crippen LogP contribution in [-0.2, 0) is 6.42 Å². The lowest BCUT2D eigenvalue weighted by molar-refractivity contribution is 0.0973. The molecule has 2 aromatic heterocycles. The number of aromatic amines is 1. The average Bonchev–Trinajstić information content (AvgIpc) is 3.15. The average molecular weight is 280 g/mol. The van der Waals surface area contributed by atoms with Crippen LogP contribution in [0.1, 0.15) is 28.9 Å². The summed E-state index contributed by atoms with van der Waals surface area (Å²) in [5.41, 5.74) is 2.77. The molecular formula is C15H12N4O2. The summed E-state index contributed by atoms with van der Waals surface area (Å²) < 4.78 is 5.67. The van der Waals surface area contributed by atoms with E-state index in [1.165, 1.54) is 0 Å². The summed E-state index contributed by atoms with van der Waals surface area (Å²) in [6.07, 6.45) is 2.22. The topological polar surface area (TPSA) is 84.7 Å². The number of aryl methyl sites for hydroxylation is 1. The fourth-order valence-corrected chi connectivity index (χ4v) is 2.58. The van der Waals surface area contributed by atoms with E-state index < -0.39 is 0 Å². The summed E-state index contributed by atoms with van der Waals surface area (Å²) in [6, 6.07) is 9.51. The van der Waals surface area contributed by atoms with Crippen LogP contribution in [0.5, 0.6) is 0 Å². The van der Waals surface area contributed by atoms with Crippen LogP contribution in [0, 0.1) is 0 Å². The molecule has 0 bridgehead atoms. The normalized spacial score (nSPS) is 14.2. The van der Waals surface area contributed by atoms with Gasteiger partial charge < -0.3 is 4.42 Å². The van der Waals surface area contributed by atoms with Gasteiger partial charge in [-0.25, -0.2) is 0 Å². The molecule has 0 fully saturated rings. The van der Waals surface area contributed by atoms with Crippen molar-refractivity contribution in [1.82, 2.24) is 20.4 Å². The molecule has 1 N–H and O–H groups in total. The minimum absolute atomic E-state index is 0.0828.